The molecule has 3 nitrogen and oxygen atoms in total. The molecule has 0 aliphatic rings. The second-order valence-corrected chi connectivity index (χ2v) is 4.31. The average Bonchev–Trinajstić information content (AvgIpc) is 2.45. The Labute approximate surface area is 111 Å². The van der Waals surface area contributed by atoms with E-state index in [-0.39, 0.29) is 5.75 Å². The molecule has 0 aliphatic carbocycles. The first kappa shape index (κ1) is 11.7. The molecule has 0 aromatic heterocycles. The second kappa shape index (κ2) is 4.35. The van der Waals surface area contributed by atoms with E-state index >= 15 is 0 Å². The summed E-state index contributed by atoms with van der Waals surface area (Å²) < 4.78 is 11.0. The predicted molar refractivity (Wildman–Crippen MR) is 76.2 cm³/mol. The molecule has 0 unspecified atom stereocenters. The molecule has 3 aromatic rings. The molecule has 1 N–H and O–H groups in total. The highest BCUT2D eigenvalue weighted by Gasteiger charge is 2.16. The van der Waals surface area contributed by atoms with Gasteiger partial charge in [-0.1, -0.05) is 36.4 Å². The standard InChI is InChI=1S/C16H14O3/c1-18-15-10-6-3-4-7-11(10)16(19-2)14-12(15)8-5-9-13(14)17/h3-9,17H,1-2H3. The maximum absolute atomic E-state index is 10.1. The van der Waals surface area contributed by atoms with Crippen LogP contribution in [0.25, 0.3) is 21.5 Å². The Morgan fingerprint density at radius 3 is 1.95 bits per heavy atom. The maximum atomic E-state index is 10.1. The van der Waals surface area contributed by atoms with Gasteiger partial charge < -0.3 is 14.6 Å². The first-order chi connectivity index (χ1) is 9.27. The third kappa shape index (κ3) is 1.58. The molecular weight excluding hydrogens is 240 g/mol. The topological polar surface area (TPSA) is 38.7 Å². The van der Waals surface area contributed by atoms with Crippen LogP contribution in [-0.4, -0.2) is 19.3 Å². The van der Waals surface area contributed by atoms with Crippen LogP contribution in [0.2, 0.25) is 0 Å². The zero-order valence-corrected chi connectivity index (χ0v) is 10.8. The molecule has 96 valence electrons. The summed E-state index contributed by atoms with van der Waals surface area (Å²) in [6.45, 7) is 0. The van der Waals surface area contributed by atoms with Crippen molar-refractivity contribution in [2.45, 2.75) is 0 Å². The van der Waals surface area contributed by atoms with Gasteiger partial charge in [-0.25, -0.2) is 0 Å². The summed E-state index contributed by atoms with van der Waals surface area (Å²) in [5.41, 5.74) is 0. The van der Waals surface area contributed by atoms with Crippen LogP contribution in [-0.2, 0) is 0 Å². The summed E-state index contributed by atoms with van der Waals surface area (Å²) in [6, 6.07) is 13.2. The number of benzene rings is 3. The van der Waals surface area contributed by atoms with Gasteiger partial charge in [-0.3, -0.25) is 0 Å². The number of aromatic hydroxyl groups is 1. The molecule has 0 fully saturated rings. The zero-order chi connectivity index (χ0) is 13.4. The third-order valence-electron chi connectivity index (χ3n) is 3.34. The quantitative estimate of drug-likeness (QED) is 0.708. The van der Waals surface area contributed by atoms with E-state index in [0.29, 0.717) is 11.1 Å². The van der Waals surface area contributed by atoms with Crippen LogP contribution in [0, 0.1) is 0 Å². The first-order valence-electron chi connectivity index (χ1n) is 6.02. The Morgan fingerprint density at radius 2 is 1.32 bits per heavy atom. The lowest BCUT2D eigenvalue weighted by atomic mass is 10.00. The second-order valence-electron chi connectivity index (χ2n) is 4.31. The Balaban J connectivity index is 2.65. The Kier molecular flexibility index (Phi) is 2.67. The molecule has 0 spiro atoms. The predicted octanol–water partition coefficient (Wildman–Crippen LogP) is 3.72. The van der Waals surface area contributed by atoms with E-state index in [9.17, 15) is 5.11 Å². The van der Waals surface area contributed by atoms with Crippen molar-refractivity contribution in [2.75, 3.05) is 14.2 Å². The van der Waals surface area contributed by atoms with Gasteiger partial charge in [0.1, 0.15) is 17.2 Å². The number of methoxy groups -OCH3 is 2. The van der Waals surface area contributed by atoms with Crippen molar-refractivity contribution in [3.8, 4) is 17.2 Å². The van der Waals surface area contributed by atoms with E-state index in [1.165, 1.54) is 0 Å². The van der Waals surface area contributed by atoms with Crippen molar-refractivity contribution in [2.24, 2.45) is 0 Å². The van der Waals surface area contributed by atoms with Gasteiger partial charge in [-0.2, -0.15) is 0 Å². The average molecular weight is 254 g/mol. The summed E-state index contributed by atoms with van der Waals surface area (Å²) in [7, 11) is 3.25. The molecule has 0 aliphatic heterocycles. The number of ether oxygens (including phenoxy) is 2. The van der Waals surface area contributed by atoms with Crippen molar-refractivity contribution in [3.05, 3.63) is 42.5 Å². The zero-order valence-electron chi connectivity index (χ0n) is 10.8. The minimum Gasteiger partial charge on any atom is -0.507 e. The fourth-order valence-corrected chi connectivity index (χ4v) is 2.56. The summed E-state index contributed by atoms with van der Waals surface area (Å²) in [5, 5.41) is 13.6. The molecule has 0 saturated heterocycles. The number of phenolic OH excluding ortho intramolecular Hbond substituents is 1. The molecule has 3 rings (SSSR count). The summed E-state index contributed by atoms with van der Waals surface area (Å²) in [5.74, 6) is 1.62. The molecule has 3 heteroatoms. The fourth-order valence-electron chi connectivity index (χ4n) is 2.56. The van der Waals surface area contributed by atoms with Gasteiger partial charge >= 0.3 is 0 Å². The van der Waals surface area contributed by atoms with E-state index in [0.717, 1.165) is 21.9 Å². The molecule has 0 atom stereocenters. The molecule has 0 saturated carbocycles. The monoisotopic (exact) mass is 254 g/mol. The van der Waals surface area contributed by atoms with E-state index < -0.39 is 0 Å². The van der Waals surface area contributed by atoms with Crippen LogP contribution < -0.4 is 9.47 Å². The summed E-state index contributed by atoms with van der Waals surface area (Å²) in [6.07, 6.45) is 0. The Hall–Kier alpha value is -2.42. The number of phenols is 1. The molecule has 0 bridgehead atoms. The van der Waals surface area contributed by atoms with Gasteiger partial charge in [-0.15, -0.1) is 0 Å². The lowest BCUT2D eigenvalue weighted by molar-refractivity contribution is 0.414. The van der Waals surface area contributed by atoms with Crippen LogP contribution in [0.1, 0.15) is 0 Å². The van der Waals surface area contributed by atoms with Crippen LogP contribution in [0.15, 0.2) is 42.5 Å². The minimum atomic E-state index is 0.193. The van der Waals surface area contributed by atoms with Gasteiger partial charge in [-0.05, 0) is 6.07 Å². The van der Waals surface area contributed by atoms with Crippen molar-refractivity contribution in [3.63, 3.8) is 0 Å². The molecule has 0 amide bonds. The number of rotatable bonds is 2. The van der Waals surface area contributed by atoms with Crippen LogP contribution >= 0.6 is 0 Å². The normalized spacial score (nSPS) is 10.8. The molecule has 0 heterocycles. The minimum absolute atomic E-state index is 0.193. The van der Waals surface area contributed by atoms with Gasteiger partial charge in [0.25, 0.3) is 0 Å². The number of hydrogen-bond donors (Lipinski definition) is 1. The van der Waals surface area contributed by atoms with E-state index in [2.05, 4.69) is 0 Å². The lowest BCUT2D eigenvalue weighted by Gasteiger charge is -2.15. The first-order valence-corrected chi connectivity index (χ1v) is 6.02. The SMILES string of the molecule is COc1c2ccccc2c(OC)c2c(O)cccc12. The summed E-state index contributed by atoms with van der Waals surface area (Å²) >= 11 is 0. The van der Waals surface area contributed by atoms with Gasteiger partial charge in [0, 0.05) is 16.2 Å². The van der Waals surface area contributed by atoms with Crippen molar-refractivity contribution in [1.82, 2.24) is 0 Å². The van der Waals surface area contributed by atoms with Gasteiger partial charge in [0.15, 0.2) is 0 Å². The van der Waals surface area contributed by atoms with Gasteiger partial charge in [0.2, 0.25) is 0 Å². The number of fused-ring (bicyclic) bond motifs is 2. The highest BCUT2D eigenvalue weighted by atomic mass is 16.5. The van der Waals surface area contributed by atoms with Crippen molar-refractivity contribution in [1.29, 1.82) is 0 Å². The molecule has 0 radical (unpaired) electrons. The van der Waals surface area contributed by atoms with Crippen molar-refractivity contribution < 1.29 is 14.6 Å². The third-order valence-corrected chi connectivity index (χ3v) is 3.34. The largest absolute Gasteiger partial charge is 0.507 e. The van der Waals surface area contributed by atoms with Crippen molar-refractivity contribution >= 4 is 21.5 Å². The van der Waals surface area contributed by atoms with E-state index in [1.54, 1.807) is 26.4 Å². The number of hydrogen-bond acceptors (Lipinski definition) is 3. The summed E-state index contributed by atoms with van der Waals surface area (Å²) in [4.78, 5) is 0. The Morgan fingerprint density at radius 1 is 0.737 bits per heavy atom. The Bertz CT molecular complexity index is 763. The highest BCUT2D eigenvalue weighted by molar-refractivity contribution is 6.13. The maximum Gasteiger partial charge on any atom is 0.138 e. The molecular formula is C16H14O3. The highest BCUT2D eigenvalue weighted by Crippen LogP contribution is 2.45. The van der Waals surface area contributed by atoms with E-state index in [4.69, 9.17) is 9.47 Å². The van der Waals surface area contributed by atoms with Crippen LogP contribution in [0.4, 0.5) is 0 Å². The fraction of sp³-hybridized carbons (Fsp3) is 0.125. The molecule has 3 aromatic carbocycles. The van der Waals surface area contributed by atoms with E-state index in [1.807, 2.05) is 30.3 Å². The molecule has 19 heavy (non-hydrogen) atoms. The lowest BCUT2D eigenvalue weighted by Crippen LogP contribution is -1.92. The van der Waals surface area contributed by atoms with Crippen LogP contribution in [0.5, 0.6) is 17.2 Å². The van der Waals surface area contributed by atoms with Gasteiger partial charge in [0.05, 0.1) is 19.6 Å². The van der Waals surface area contributed by atoms with Crippen LogP contribution in [0.3, 0.4) is 0 Å². The smallest absolute Gasteiger partial charge is 0.138 e.